The Morgan fingerprint density at radius 1 is 1.45 bits per heavy atom. The zero-order chi connectivity index (χ0) is 14.4. The van der Waals surface area contributed by atoms with Gasteiger partial charge in [0.15, 0.2) is 0 Å². The number of rotatable bonds is 6. The minimum atomic E-state index is -0.342. The smallest absolute Gasteiger partial charge is 0.238 e. The van der Waals surface area contributed by atoms with Crippen molar-refractivity contribution >= 4 is 41.0 Å². The zero-order valence-corrected chi connectivity index (χ0v) is 13.0. The number of carbonyl (C=O) groups excluding carboxylic acids is 2. The van der Waals surface area contributed by atoms with Crippen molar-refractivity contribution in [2.45, 2.75) is 23.0 Å². The highest BCUT2D eigenvalue weighted by molar-refractivity contribution is 8.01. The summed E-state index contributed by atoms with van der Waals surface area (Å²) in [6.07, 6.45) is 3.23. The molecule has 6 heteroatoms. The summed E-state index contributed by atoms with van der Waals surface area (Å²) in [5, 5.41) is 5.37. The number of hydrogen-bond donors (Lipinski definition) is 2. The normalized spacial score (nSPS) is 17.2. The van der Waals surface area contributed by atoms with E-state index >= 15 is 0 Å². The second-order valence-electron chi connectivity index (χ2n) is 4.49. The van der Waals surface area contributed by atoms with Crippen molar-refractivity contribution in [2.75, 3.05) is 23.9 Å². The molecule has 1 aliphatic heterocycles. The predicted molar refractivity (Wildman–Crippen MR) is 85.3 cm³/mol. The Hall–Kier alpha value is -1.14. The molecule has 2 rings (SSSR count). The van der Waals surface area contributed by atoms with Gasteiger partial charge < -0.3 is 10.6 Å². The number of fused-ring (bicyclic) bond motifs is 1. The third-order valence-corrected chi connectivity index (χ3v) is 4.90. The minimum Gasteiger partial charge on any atom is -0.356 e. The van der Waals surface area contributed by atoms with Gasteiger partial charge in [-0.3, -0.25) is 9.59 Å². The van der Waals surface area contributed by atoms with Crippen LogP contribution in [-0.4, -0.2) is 35.6 Å². The highest BCUT2D eigenvalue weighted by Gasteiger charge is 2.28. The fourth-order valence-electron chi connectivity index (χ4n) is 1.91. The topological polar surface area (TPSA) is 58.2 Å². The standard InChI is InChI=1S/C14H18N2O2S2/c1-19-8-4-7-15-13(17)9-12-14(18)16-10-5-2-3-6-11(10)20-12/h2-3,5-6,12H,4,7-9H2,1H3,(H,15,17)(H,16,18). The van der Waals surface area contributed by atoms with Crippen LogP contribution in [0.25, 0.3) is 0 Å². The molecule has 0 saturated heterocycles. The molecular formula is C14H18N2O2S2. The maximum atomic E-state index is 12.0. The largest absolute Gasteiger partial charge is 0.356 e. The van der Waals surface area contributed by atoms with Crippen LogP contribution in [0.5, 0.6) is 0 Å². The van der Waals surface area contributed by atoms with Gasteiger partial charge in [0.05, 0.1) is 10.9 Å². The zero-order valence-electron chi connectivity index (χ0n) is 11.3. The van der Waals surface area contributed by atoms with Gasteiger partial charge in [-0.2, -0.15) is 11.8 Å². The van der Waals surface area contributed by atoms with Crippen LogP contribution >= 0.6 is 23.5 Å². The van der Waals surface area contributed by atoms with E-state index in [-0.39, 0.29) is 23.5 Å². The predicted octanol–water partition coefficient (Wildman–Crippen LogP) is 2.36. The molecule has 108 valence electrons. The van der Waals surface area contributed by atoms with Gasteiger partial charge in [0.25, 0.3) is 0 Å². The molecular weight excluding hydrogens is 292 g/mol. The number of amides is 2. The van der Waals surface area contributed by atoms with Crippen LogP contribution in [0.4, 0.5) is 5.69 Å². The van der Waals surface area contributed by atoms with Crippen LogP contribution in [0.1, 0.15) is 12.8 Å². The number of benzene rings is 1. The minimum absolute atomic E-state index is 0.0573. The van der Waals surface area contributed by atoms with E-state index in [4.69, 9.17) is 0 Å². The molecule has 2 N–H and O–H groups in total. The third kappa shape index (κ3) is 4.18. The molecule has 1 heterocycles. The quantitative estimate of drug-likeness (QED) is 0.792. The monoisotopic (exact) mass is 310 g/mol. The number of hydrogen-bond acceptors (Lipinski definition) is 4. The molecule has 1 aliphatic rings. The van der Waals surface area contributed by atoms with Crippen molar-refractivity contribution < 1.29 is 9.59 Å². The van der Waals surface area contributed by atoms with E-state index in [9.17, 15) is 9.59 Å². The van der Waals surface area contributed by atoms with Crippen molar-refractivity contribution in [3.05, 3.63) is 24.3 Å². The molecule has 0 aromatic heterocycles. The molecule has 0 spiro atoms. The Labute approximate surface area is 127 Å². The van der Waals surface area contributed by atoms with E-state index in [2.05, 4.69) is 10.6 Å². The van der Waals surface area contributed by atoms with Gasteiger partial charge in [-0.15, -0.1) is 11.8 Å². The molecule has 0 fully saturated rings. The molecule has 1 aromatic rings. The summed E-state index contributed by atoms with van der Waals surface area (Å²) in [5.41, 5.74) is 0.833. The van der Waals surface area contributed by atoms with Crippen LogP contribution < -0.4 is 10.6 Å². The molecule has 0 aliphatic carbocycles. The number of para-hydroxylation sites is 1. The third-order valence-electron chi connectivity index (χ3n) is 2.92. The van der Waals surface area contributed by atoms with E-state index in [0.29, 0.717) is 6.54 Å². The molecule has 20 heavy (non-hydrogen) atoms. The van der Waals surface area contributed by atoms with Crippen LogP contribution in [0.15, 0.2) is 29.2 Å². The molecule has 1 unspecified atom stereocenters. The van der Waals surface area contributed by atoms with Gasteiger partial charge >= 0.3 is 0 Å². The van der Waals surface area contributed by atoms with Gasteiger partial charge in [0.1, 0.15) is 0 Å². The second-order valence-corrected chi connectivity index (χ2v) is 6.72. The molecule has 4 nitrogen and oxygen atoms in total. The lowest BCUT2D eigenvalue weighted by Gasteiger charge is -2.23. The number of thioether (sulfide) groups is 2. The van der Waals surface area contributed by atoms with E-state index in [1.807, 2.05) is 30.5 Å². The number of carbonyl (C=O) groups is 2. The first-order valence-corrected chi connectivity index (χ1v) is 8.80. The van der Waals surface area contributed by atoms with Gasteiger partial charge in [-0.05, 0) is 30.6 Å². The molecule has 2 amide bonds. The highest BCUT2D eigenvalue weighted by Crippen LogP contribution is 2.36. The van der Waals surface area contributed by atoms with Crippen molar-refractivity contribution in [1.82, 2.24) is 5.32 Å². The van der Waals surface area contributed by atoms with Crippen LogP contribution in [-0.2, 0) is 9.59 Å². The summed E-state index contributed by atoms with van der Waals surface area (Å²) in [4.78, 5) is 24.8. The summed E-state index contributed by atoms with van der Waals surface area (Å²) in [7, 11) is 0. The molecule has 1 aromatic carbocycles. The Morgan fingerprint density at radius 2 is 2.25 bits per heavy atom. The lowest BCUT2D eigenvalue weighted by atomic mass is 10.2. The maximum Gasteiger partial charge on any atom is 0.238 e. The van der Waals surface area contributed by atoms with Crippen molar-refractivity contribution in [3.8, 4) is 0 Å². The summed E-state index contributed by atoms with van der Waals surface area (Å²) in [6.45, 7) is 0.676. The fourth-order valence-corrected chi connectivity index (χ4v) is 3.46. The van der Waals surface area contributed by atoms with Crippen LogP contribution in [0, 0.1) is 0 Å². The number of anilines is 1. The van der Waals surface area contributed by atoms with E-state index < -0.39 is 0 Å². The molecule has 0 bridgehead atoms. The van der Waals surface area contributed by atoms with Gasteiger partial charge in [0, 0.05) is 17.9 Å². The summed E-state index contributed by atoms with van der Waals surface area (Å²) < 4.78 is 0. The molecule has 1 atom stereocenters. The first-order valence-electron chi connectivity index (χ1n) is 6.53. The Bertz CT molecular complexity index is 494. The van der Waals surface area contributed by atoms with Crippen LogP contribution in [0.3, 0.4) is 0 Å². The van der Waals surface area contributed by atoms with Gasteiger partial charge in [-0.1, -0.05) is 12.1 Å². The van der Waals surface area contributed by atoms with E-state index in [1.54, 1.807) is 11.8 Å². The summed E-state index contributed by atoms with van der Waals surface area (Å²) >= 11 is 3.22. The Morgan fingerprint density at radius 3 is 3.05 bits per heavy atom. The lowest BCUT2D eigenvalue weighted by Crippen LogP contribution is -2.35. The SMILES string of the molecule is CSCCCNC(=O)CC1Sc2ccccc2NC1=O. The molecule has 0 saturated carbocycles. The fraction of sp³-hybridized carbons (Fsp3) is 0.429. The Kier molecular flexibility index (Phi) is 5.79. The number of nitrogens with one attached hydrogen (secondary N) is 2. The van der Waals surface area contributed by atoms with Crippen molar-refractivity contribution in [3.63, 3.8) is 0 Å². The van der Waals surface area contributed by atoms with Gasteiger partial charge in [-0.25, -0.2) is 0 Å². The maximum absolute atomic E-state index is 12.0. The van der Waals surface area contributed by atoms with Gasteiger partial charge in [0.2, 0.25) is 11.8 Å². The highest BCUT2D eigenvalue weighted by atomic mass is 32.2. The van der Waals surface area contributed by atoms with E-state index in [1.165, 1.54) is 11.8 Å². The average molecular weight is 310 g/mol. The molecule has 0 radical (unpaired) electrons. The van der Waals surface area contributed by atoms with Crippen molar-refractivity contribution in [2.24, 2.45) is 0 Å². The Balaban J connectivity index is 1.84. The second kappa shape index (κ2) is 7.59. The summed E-state index contributed by atoms with van der Waals surface area (Å²) in [6, 6.07) is 7.66. The van der Waals surface area contributed by atoms with Crippen molar-refractivity contribution in [1.29, 1.82) is 0 Å². The summed E-state index contributed by atoms with van der Waals surface area (Å²) in [5.74, 6) is 0.887. The lowest BCUT2D eigenvalue weighted by molar-refractivity contribution is -0.124. The van der Waals surface area contributed by atoms with E-state index in [0.717, 1.165) is 22.8 Å². The van der Waals surface area contributed by atoms with Crippen LogP contribution in [0.2, 0.25) is 0 Å². The average Bonchev–Trinajstić information content (AvgIpc) is 2.44. The first-order chi connectivity index (χ1) is 9.70. The first kappa shape index (κ1) is 15.3.